The summed E-state index contributed by atoms with van der Waals surface area (Å²) in [5.41, 5.74) is -1.04. The predicted molar refractivity (Wildman–Crippen MR) is 137 cm³/mol. The van der Waals surface area contributed by atoms with Gasteiger partial charge in [-0.15, -0.1) is 4.28 Å². The summed E-state index contributed by atoms with van der Waals surface area (Å²) < 4.78 is 72.5. The van der Waals surface area contributed by atoms with Crippen molar-refractivity contribution in [2.24, 2.45) is 5.41 Å². The van der Waals surface area contributed by atoms with Crippen LogP contribution in [0.15, 0.2) is 0 Å². The molecule has 4 fully saturated rings. The molecule has 2 atom stereocenters. The van der Waals surface area contributed by atoms with Crippen LogP contribution in [0.1, 0.15) is 64.7 Å². The fourth-order valence-corrected chi connectivity index (χ4v) is 6.29. The molecule has 3 aliphatic heterocycles. The van der Waals surface area contributed by atoms with Gasteiger partial charge in [0.1, 0.15) is 6.04 Å². The fraction of sp³-hybridized carbons (Fsp3) is 0.833. The van der Waals surface area contributed by atoms with Gasteiger partial charge in [0, 0.05) is 12.6 Å². The molecule has 240 valence electrons. The van der Waals surface area contributed by atoms with Crippen molar-refractivity contribution in [3.63, 3.8) is 0 Å². The van der Waals surface area contributed by atoms with Gasteiger partial charge in [-0.3, -0.25) is 9.59 Å². The zero-order valence-corrected chi connectivity index (χ0v) is 24.0. The maximum absolute atomic E-state index is 13.0. The van der Waals surface area contributed by atoms with Crippen LogP contribution in [-0.2, 0) is 38.0 Å². The second-order valence-electron chi connectivity index (χ2n) is 10.6. The summed E-state index contributed by atoms with van der Waals surface area (Å²) in [6.07, 6.45) is 0.839. The van der Waals surface area contributed by atoms with Crippen LogP contribution in [0.3, 0.4) is 0 Å². The van der Waals surface area contributed by atoms with E-state index in [0.717, 1.165) is 50.3 Å². The number of amides is 3. The number of carbonyl (C=O) groups is 4. The van der Waals surface area contributed by atoms with Crippen molar-refractivity contribution in [3.05, 3.63) is 0 Å². The van der Waals surface area contributed by atoms with Gasteiger partial charge in [-0.25, -0.2) is 13.8 Å². The Balaban J connectivity index is 0.000000616. The lowest BCUT2D eigenvalue weighted by atomic mass is 9.75. The van der Waals surface area contributed by atoms with Crippen molar-refractivity contribution in [2.45, 2.75) is 89.0 Å². The lowest BCUT2D eigenvalue weighted by Crippen LogP contribution is -2.53. The first kappa shape index (κ1) is 33.8. The number of carbonyl (C=O) groups excluding carboxylic acids is 3. The van der Waals surface area contributed by atoms with E-state index >= 15 is 0 Å². The number of rotatable bonds is 9. The number of fused-ring (bicyclic) bond motifs is 2. The highest BCUT2D eigenvalue weighted by atomic mass is 32.3. The van der Waals surface area contributed by atoms with Gasteiger partial charge < -0.3 is 25.4 Å². The summed E-state index contributed by atoms with van der Waals surface area (Å²) in [7, 11) is -4.62. The second-order valence-corrected chi connectivity index (χ2v) is 11.9. The molecule has 0 radical (unpaired) electrons. The Bertz CT molecular complexity index is 1090. The molecule has 0 spiro atoms. The summed E-state index contributed by atoms with van der Waals surface area (Å²) in [4.78, 5) is 48.7. The van der Waals surface area contributed by atoms with Crippen molar-refractivity contribution in [1.29, 1.82) is 0 Å². The third-order valence-electron chi connectivity index (χ3n) is 7.72. The number of carboxylic acids is 1. The Kier molecular flexibility index (Phi) is 11.4. The van der Waals surface area contributed by atoms with Gasteiger partial charge in [0.25, 0.3) is 0 Å². The highest BCUT2D eigenvalue weighted by molar-refractivity contribution is 7.81. The monoisotopic (exact) mass is 630 g/mol. The minimum atomic E-state index is -5.08. The van der Waals surface area contributed by atoms with Gasteiger partial charge >= 0.3 is 34.5 Å². The van der Waals surface area contributed by atoms with Gasteiger partial charge in [0.15, 0.2) is 0 Å². The van der Waals surface area contributed by atoms with E-state index in [2.05, 4.69) is 10.6 Å². The smallest absolute Gasteiger partial charge is 0.475 e. The summed E-state index contributed by atoms with van der Waals surface area (Å²) in [5, 5.41) is 14.2. The number of ether oxygens (including phenoxy) is 1. The normalized spacial score (nSPS) is 24.4. The first-order chi connectivity index (χ1) is 19.7. The summed E-state index contributed by atoms with van der Waals surface area (Å²) in [6.45, 7) is 3.35. The molecule has 3 N–H and O–H groups in total. The largest absolute Gasteiger partial charge is 0.490 e. The number of urea groups is 1. The van der Waals surface area contributed by atoms with Crippen LogP contribution in [0.2, 0.25) is 0 Å². The van der Waals surface area contributed by atoms with Crippen LogP contribution in [0.4, 0.5) is 18.0 Å². The standard InChI is InChI=1S/C22H36N4O8S.C2HF3O2/c1-2-32-20(28)22(10-4-3-5-11-22)15-33-35(30,31)34-26-17-6-7-18(25(14-17)21(26)29)19(27)24-16-8-12-23-13-9-16;3-2(4,5)1(6)7/h16-18,23H,2-15H2,1H3,(H,24,27);(H,6,7)/t17?,18-;/m0./s1. The molecule has 1 unspecified atom stereocenters. The van der Waals surface area contributed by atoms with E-state index in [1.165, 1.54) is 4.90 Å². The van der Waals surface area contributed by atoms with E-state index < -0.39 is 58.7 Å². The van der Waals surface area contributed by atoms with Crippen molar-refractivity contribution in [3.8, 4) is 0 Å². The minimum absolute atomic E-state index is 0.0619. The Morgan fingerprint density at radius 3 is 2.29 bits per heavy atom. The number of hydroxylamine groups is 2. The number of carboxylic acid groups (broad SMARTS) is 1. The number of piperidine rings is 2. The van der Waals surface area contributed by atoms with Gasteiger partial charge in [-0.05, 0) is 58.5 Å². The van der Waals surface area contributed by atoms with E-state index in [0.29, 0.717) is 25.7 Å². The lowest BCUT2D eigenvalue weighted by molar-refractivity contribution is -0.192. The quantitative estimate of drug-likeness (QED) is 0.314. The zero-order valence-electron chi connectivity index (χ0n) is 23.2. The van der Waals surface area contributed by atoms with E-state index in [-0.39, 0.29) is 25.1 Å². The highest BCUT2D eigenvalue weighted by Gasteiger charge is 2.50. The molecule has 0 aromatic rings. The van der Waals surface area contributed by atoms with Crippen LogP contribution in [0.25, 0.3) is 0 Å². The number of nitrogens with one attached hydrogen (secondary N) is 2. The number of halogens is 3. The third kappa shape index (κ3) is 8.67. The molecule has 0 aromatic carbocycles. The van der Waals surface area contributed by atoms with Crippen LogP contribution in [0.5, 0.6) is 0 Å². The minimum Gasteiger partial charge on any atom is -0.475 e. The summed E-state index contributed by atoms with van der Waals surface area (Å²) in [5.74, 6) is -3.46. The Hall–Kier alpha value is -2.70. The highest BCUT2D eigenvalue weighted by Crippen LogP contribution is 2.39. The maximum atomic E-state index is 13.0. The molecule has 3 amide bonds. The van der Waals surface area contributed by atoms with Gasteiger partial charge in [0.2, 0.25) is 5.91 Å². The third-order valence-corrected chi connectivity index (χ3v) is 8.47. The Labute approximate surface area is 241 Å². The molecule has 3 saturated heterocycles. The van der Waals surface area contributed by atoms with E-state index in [4.69, 9.17) is 23.1 Å². The van der Waals surface area contributed by atoms with Crippen molar-refractivity contribution in [1.82, 2.24) is 20.6 Å². The molecule has 2 bridgehead atoms. The average molecular weight is 631 g/mol. The molecule has 0 aromatic heterocycles. The van der Waals surface area contributed by atoms with Gasteiger partial charge in [-0.2, -0.15) is 26.7 Å². The molecular weight excluding hydrogens is 593 g/mol. The summed E-state index contributed by atoms with van der Waals surface area (Å²) in [6, 6.07) is -1.78. The lowest BCUT2D eigenvalue weighted by Gasteiger charge is -2.34. The predicted octanol–water partition coefficient (Wildman–Crippen LogP) is 1.46. The van der Waals surface area contributed by atoms with Crippen molar-refractivity contribution in [2.75, 3.05) is 32.8 Å². The number of alkyl halides is 3. The number of aliphatic carboxylic acids is 1. The first-order valence-corrected chi connectivity index (χ1v) is 15.2. The van der Waals surface area contributed by atoms with Crippen molar-refractivity contribution < 1.29 is 59.1 Å². The van der Waals surface area contributed by atoms with E-state index in [1.54, 1.807) is 6.92 Å². The molecule has 1 saturated carbocycles. The van der Waals surface area contributed by atoms with Crippen LogP contribution in [0, 0.1) is 5.41 Å². The number of hydrogen-bond donors (Lipinski definition) is 3. The van der Waals surface area contributed by atoms with Gasteiger partial charge in [-0.1, -0.05) is 19.3 Å². The van der Waals surface area contributed by atoms with E-state index in [9.17, 15) is 36.0 Å². The van der Waals surface area contributed by atoms with Crippen LogP contribution < -0.4 is 10.6 Å². The Morgan fingerprint density at radius 2 is 1.71 bits per heavy atom. The molecular formula is C24H37F3N4O10S. The number of esters is 1. The van der Waals surface area contributed by atoms with Crippen molar-refractivity contribution >= 4 is 34.3 Å². The van der Waals surface area contributed by atoms with Crippen LogP contribution >= 0.6 is 0 Å². The molecule has 14 nitrogen and oxygen atoms in total. The first-order valence-electron chi connectivity index (χ1n) is 13.9. The molecule has 4 aliphatic rings. The fourth-order valence-electron chi connectivity index (χ4n) is 5.49. The molecule has 1 aliphatic carbocycles. The molecule has 4 rings (SSSR count). The number of nitrogens with zero attached hydrogens (tertiary/aromatic N) is 2. The maximum Gasteiger partial charge on any atom is 0.490 e. The number of hydrogen-bond acceptors (Lipinski definition) is 10. The van der Waals surface area contributed by atoms with Crippen LogP contribution in [-0.4, -0.2) is 105 Å². The SMILES string of the molecule is CCOC(=O)C1(COS(=O)(=O)ON2C(=O)N3CC2CC[C@H]3C(=O)NC2CCNCC2)CCCCC1.O=C(O)C(F)(F)F. The second kappa shape index (κ2) is 14.2. The topological polar surface area (TPSA) is 181 Å². The van der Waals surface area contributed by atoms with E-state index in [1.807, 2.05) is 0 Å². The summed E-state index contributed by atoms with van der Waals surface area (Å²) >= 11 is 0. The van der Waals surface area contributed by atoms with Gasteiger partial charge in [0.05, 0.1) is 24.7 Å². The Morgan fingerprint density at radius 1 is 1.10 bits per heavy atom. The average Bonchev–Trinajstić information content (AvgIpc) is 3.17. The zero-order chi connectivity index (χ0) is 31.1. The molecule has 3 heterocycles. The molecule has 18 heteroatoms. The molecule has 42 heavy (non-hydrogen) atoms.